The molecule has 0 N–H and O–H groups in total. The van der Waals surface area contributed by atoms with E-state index in [2.05, 4.69) is 39.0 Å². The molecule has 0 radical (unpaired) electrons. The second-order valence-corrected chi connectivity index (χ2v) is 5.71. The summed E-state index contributed by atoms with van der Waals surface area (Å²) in [6, 6.07) is 8.65. The normalized spacial score (nSPS) is 18.9. The van der Waals surface area contributed by atoms with Gasteiger partial charge < -0.3 is 4.90 Å². The Morgan fingerprint density at radius 3 is 2.83 bits per heavy atom. The largest absolute Gasteiger partial charge is 0.309 e. The molecule has 98 valence electrons. The molecule has 0 bridgehead atoms. The van der Waals surface area contributed by atoms with Gasteiger partial charge >= 0.3 is 0 Å². The third-order valence-electron chi connectivity index (χ3n) is 3.73. The Labute approximate surface area is 110 Å². The predicted molar refractivity (Wildman–Crippen MR) is 75.8 cm³/mol. The number of para-hydroxylation sites is 1. The van der Waals surface area contributed by atoms with Gasteiger partial charge in [0.25, 0.3) is 0 Å². The van der Waals surface area contributed by atoms with Crippen molar-refractivity contribution in [3.05, 3.63) is 29.8 Å². The van der Waals surface area contributed by atoms with Crippen LogP contribution in [0.3, 0.4) is 0 Å². The lowest BCUT2D eigenvalue weighted by atomic mass is 9.95. The van der Waals surface area contributed by atoms with Gasteiger partial charge in [0, 0.05) is 18.2 Å². The summed E-state index contributed by atoms with van der Waals surface area (Å²) in [5.41, 5.74) is 2.44. The van der Waals surface area contributed by atoms with Gasteiger partial charge in [-0.05, 0) is 43.7 Å². The SMILES string of the molecule is CC(C)CCC(=O)N1c2ccccc2CCC1C. The van der Waals surface area contributed by atoms with E-state index in [1.54, 1.807) is 0 Å². The lowest BCUT2D eigenvalue weighted by Crippen LogP contribution is -2.42. The summed E-state index contributed by atoms with van der Waals surface area (Å²) in [5.74, 6) is 0.868. The molecule has 18 heavy (non-hydrogen) atoms. The Kier molecular flexibility index (Phi) is 4.05. The summed E-state index contributed by atoms with van der Waals surface area (Å²) in [7, 11) is 0. The molecule has 0 saturated carbocycles. The number of nitrogens with zero attached hydrogens (tertiary/aromatic N) is 1. The third-order valence-corrected chi connectivity index (χ3v) is 3.73. The molecular formula is C16H23NO. The summed E-state index contributed by atoms with van der Waals surface area (Å²) >= 11 is 0. The maximum atomic E-state index is 12.4. The number of amides is 1. The molecule has 1 atom stereocenters. The fraction of sp³-hybridized carbons (Fsp3) is 0.562. The number of aryl methyl sites for hydroxylation is 1. The molecular weight excluding hydrogens is 222 g/mol. The smallest absolute Gasteiger partial charge is 0.227 e. The quantitative estimate of drug-likeness (QED) is 0.793. The van der Waals surface area contributed by atoms with Gasteiger partial charge in [-0.25, -0.2) is 0 Å². The lowest BCUT2D eigenvalue weighted by Gasteiger charge is -2.35. The zero-order valence-corrected chi connectivity index (χ0v) is 11.6. The molecule has 1 aromatic rings. The molecule has 0 fully saturated rings. The summed E-state index contributed by atoms with van der Waals surface area (Å²) in [4.78, 5) is 14.4. The standard InChI is InChI=1S/C16H23NO/c1-12(2)8-11-16(18)17-13(3)9-10-14-6-4-5-7-15(14)17/h4-7,12-13H,8-11H2,1-3H3. The molecule has 0 aliphatic carbocycles. The molecule has 1 aliphatic rings. The van der Waals surface area contributed by atoms with Crippen LogP contribution in [0.25, 0.3) is 0 Å². The van der Waals surface area contributed by atoms with Gasteiger partial charge in [-0.1, -0.05) is 32.0 Å². The number of hydrogen-bond acceptors (Lipinski definition) is 1. The number of rotatable bonds is 3. The van der Waals surface area contributed by atoms with Gasteiger partial charge in [0.1, 0.15) is 0 Å². The Morgan fingerprint density at radius 2 is 2.11 bits per heavy atom. The molecule has 1 amide bonds. The van der Waals surface area contributed by atoms with Gasteiger partial charge in [-0.15, -0.1) is 0 Å². The van der Waals surface area contributed by atoms with Gasteiger partial charge in [0.15, 0.2) is 0 Å². The molecule has 1 aliphatic heterocycles. The van der Waals surface area contributed by atoms with Gasteiger partial charge in [-0.2, -0.15) is 0 Å². The summed E-state index contributed by atoms with van der Waals surface area (Å²) in [6.45, 7) is 6.49. The van der Waals surface area contributed by atoms with E-state index in [-0.39, 0.29) is 5.91 Å². The van der Waals surface area contributed by atoms with E-state index >= 15 is 0 Å². The van der Waals surface area contributed by atoms with Crippen LogP contribution in [0.2, 0.25) is 0 Å². The van der Waals surface area contributed by atoms with Crippen molar-refractivity contribution in [2.45, 2.75) is 52.5 Å². The van der Waals surface area contributed by atoms with Crippen molar-refractivity contribution in [1.29, 1.82) is 0 Å². The second-order valence-electron chi connectivity index (χ2n) is 5.71. The highest BCUT2D eigenvalue weighted by molar-refractivity contribution is 5.95. The Balaban J connectivity index is 2.18. The molecule has 2 nitrogen and oxygen atoms in total. The molecule has 2 rings (SSSR count). The molecule has 1 heterocycles. The van der Waals surface area contributed by atoms with E-state index in [1.807, 2.05) is 11.0 Å². The Morgan fingerprint density at radius 1 is 1.39 bits per heavy atom. The molecule has 0 spiro atoms. The van der Waals surface area contributed by atoms with Crippen molar-refractivity contribution in [3.8, 4) is 0 Å². The first-order valence-electron chi connectivity index (χ1n) is 6.99. The molecule has 2 heteroatoms. The minimum atomic E-state index is 0.281. The number of carbonyl (C=O) groups is 1. The van der Waals surface area contributed by atoms with Gasteiger partial charge in [0.05, 0.1) is 0 Å². The maximum absolute atomic E-state index is 12.4. The van der Waals surface area contributed by atoms with E-state index in [0.717, 1.165) is 24.9 Å². The number of carbonyl (C=O) groups excluding carboxylic acids is 1. The topological polar surface area (TPSA) is 20.3 Å². The highest BCUT2D eigenvalue weighted by Gasteiger charge is 2.27. The summed E-state index contributed by atoms with van der Waals surface area (Å²) < 4.78 is 0. The Bertz CT molecular complexity index is 425. The lowest BCUT2D eigenvalue weighted by molar-refractivity contribution is -0.119. The average molecular weight is 245 g/mol. The van der Waals surface area contributed by atoms with Crippen LogP contribution >= 0.6 is 0 Å². The van der Waals surface area contributed by atoms with E-state index < -0.39 is 0 Å². The molecule has 0 aromatic heterocycles. The van der Waals surface area contributed by atoms with Crippen molar-refractivity contribution in [1.82, 2.24) is 0 Å². The van der Waals surface area contributed by atoms with Crippen LogP contribution in [0, 0.1) is 5.92 Å². The van der Waals surface area contributed by atoms with Crippen LogP contribution in [0.1, 0.15) is 45.6 Å². The van der Waals surface area contributed by atoms with E-state index in [4.69, 9.17) is 0 Å². The number of benzene rings is 1. The predicted octanol–water partition coefficient (Wildman–Crippen LogP) is 3.79. The Hall–Kier alpha value is -1.31. The number of anilines is 1. The minimum Gasteiger partial charge on any atom is -0.309 e. The van der Waals surface area contributed by atoms with Crippen LogP contribution in [0.15, 0.2) is 24.3 Å². The van der Waals surface area contributed by atoms with E-state index in [1.165, 1.54) is 5.56 Å². The summed E-state index contributed by atoms with van der Waals surface area (Å²) in [5, 5.41) is 0. The van der Waals surface area contributed by atoms with Crippen molar-refractivity contribution in [3.63, 3.8) is 0 Å². The highest BCUT2D eigenvalue weighted by Crippen LogP contribution is 2.31. The van der Waals surface area contributed by atoms with Crippen LogP contribution in [-0.2, 0) is 11.2 Å². The maximum Gasteiger partial charge on any atom is 0.227 e. The van der Waals surface area contributed by atoms with Crippen molar-refractivity contribution < 1.29 is 4.79 Å². The zero-order valence-electron chi connectivity index (χ0n) is 11.6. The summed E-state index contributed by atoms with van der Waals surface area (Å²) in [6.07, 6.45) is 3.80. The third kappa shape index (κ3) is 2.74. The van der Waals surface area contributed by atoms with Gasteiger partial charge in [0.2, 0.25) is 5.91 Å². The van der Waals surface area contributed by atoms with Crippen LogP contribution in [-0.4, -0.2) is 11.9 Å². The second kappa shape index (κ2) is 5.55. The van der Waals surface area contributed by atoms with Crippen molar-refractivity contribution in [2.24, 2.45) is 5.92 Å². The van der Waals surface area contributed by atoms with Crippen LogP contribution in [0.4, 0.5) is 5.69 Å². The van der Waals surface area contributed by atoms with Crippen LogP contribution in [0.5, 0.6) is 0 Å². The molecule has 1 unspecified atom stereocenters. The van der Waals surface area contributed by atoms with E-state index in [9.17, 15) is 4.79 Å². The van der Waals surface area contributed by atoms with Crippen molar-refractivity contribution in [2.75, 3.05) is 4.90 Å². The fourth-order valence-corrected chi connectivity index (χ4v) is 2.60. The first kappa shape index (κ1) is 13.1. The minimum absolute atomic E-state index is 0.281. The average Bonchev–Trinajstić information content (AvgIpc) is 2.36. The number of fused-ring (bicyclic) bond motifs is 1. The first-order valence-corrected chi connectivity index (χ1v) is 6.99. The first-order chi connectivity index (χ1) is 8.59. The van der Waals surface area contributed by atoms with Crippen LogP contribution < -0.4 is 4.90 Å². The zero-order chi connectivity index (χ0) is 13.1. The highest BCUT2D eigenvalue weighted by atomic mass is 16.2. The number of hydrogen-bond donors (Lipinski definition) is 0. The molecule has 0 saturated heterocycles. The fourth-order valence-electron chi connectivity index (χ4n) is 2.60. The van der Waals surface area contributed by atoms with E-state index in [0.29, 0.717) is 18.4 Å². The van der Waals surface area contributed by atoms with Gasteiger partial charge in [-0.3, -0.25) is 4.79 Å². The molecule has 1 aromatic carbocycles. The monoisotopic (exact) mass is 245 g/mol. The van der Waals surface area contributed by atoms with Crippen molar-refractivity contribution >= 4 is 11.6 Å².